The number of hydrogen-bond donors (Lipinski definition) is 0. The molecule has 1 aromatic carbocycles. The lowest BCUT2D eigenvalue weighted by Gasteiger charge is -2.23. The van der Waals surface area contributed by atoms with Crippen LogP contribution in [-0.2, 0) is 9.53 Å². The number of carbonyl (C=O) groups excluding carboxylic acids is 1. The number of halogens is 2. The Balaban J connectivity index is 1.94. The van der Waals surface area contributed by atoms with Gasteiger partial charge in [-0.15, -0.1) is 11.3 Å². The molecule has 1 atom stereocenters. The van der Waals surface area contributed by atoms with E-state index in [2.05, 4.69) is 43.5 Å². The molecule has 174 valence electrons. The minimum Gasteiger partial charge on any atom is -0.477 e. The van der Waals surface area contributed by atoms with Crippen molar-refractivity contribution in [2.24, 2.45) is 4.99 Å². The lowest BCUT2D eigenvalue weighted by atomic mass is 10.0. The first-order chi connectivity index (χ1) is 16.3. The van der Waals surface area contributed by atoms with Crippen LogP contribution in [0.3, 0.4) is 0 Å². The molecule has 0 aliphatic carbocycles. The third kappa shape index (κ3) is 4.77. The van der Waals surface area contributed by atoms with Crippen molar-refractivity contribution in [1.82, 2.24) is 4.57 Å². The summed E-state index contributed by atoms with van der Waals surface area (Å²) < 4.78 is 14.6. The molecule has 11 heteroatoms. The second kappa shape index (κ2) is 10.6. The van der Waals surface area contributed by atoms with E-state index in [0.29, 0.717) is 31.9 Å². The van der Waals surface area contributed by atoms with Gasteiger partial charge in [-0.2, -0.15) is 5.26 Å². The number of nitriles is 1. The number of nitrogens with zero attached hydrogens (tertiary/aromatic N) is 3. The van der Waals surface area contributed by atoms with Crippen LogP contribution in [0.15, 0.2) is 55.2 Å². The van der Waals surface area contributed by atoms with E-state index in [1.165, 1.54) is 22.7 Å². The Bertz CT molecular complexity index is 1520. The van der Waals surface area contributed by atoms with Crippen LogP contribution in [0, 0.1) is 14.9 Å². The van der Waals surface area contributed by atoms with Crippen molar-refractivity contribution >= 4 is 73.2 Å². The molecule has 7 nitrogen and oxygen atoms in total. The standard InChI is InChI=1S/C23H17BrIN3O4S2/c1-3-31-22(30)18-12(2)27-23-28(19(18)16-5-4-8-33-16)21(29)17(34-23)10-13-9-14(24)11-15(25)20(13)32-7-6-26/h4-5,8-11,19H,3,7H2,1-2H3/b17-10-/t19-/m0/s1. The van der Waals surface area contributed by atoms with E-state index in [4.69, 9.17) is 14.7 Å². The highest BCUT2D eigenvalue weighted by atomic mass is 127. The van der Waals surface area contributed by atoms with E-state index in [-0.39, 0.29) is 18.8 Å². The first kappa shape index (κ1) is 24.8. The molecule has 3 aromatic rings. The van der Waals surface area contributed by atoms with E-state index in [9.17, 15) is 9.59 Å². The van der Waals surface area contributed by atoms with Gasteiger partial charge in [0.2, 0.25) is 0 Å². The Morgan fingerprint density at radius 3 is 2.91 bits per heavy atom. The lowest BCUT2D eigenvalue weighted by molar-refractivity contribution is -0.139. The predicted octanol–water partition coefficient (Wildman–Crippen LogP) is 4.13. The molecule has 34 heavy (non-hydrogen) atoms. The number of carbonyl (C=O) groups is 1. The number of allylic oxidation sites excluding steroid dienone is 1. The molecule has 3 heterocycles. The van der Waals surface area contributed by atoms with Gasteiger partial charge < -0.3 is 9.47 Å². The highest BCUT2D eigenvalue weighted by molar-refractivity contribution is 14.1. The van der Waals surface area contributed by atoms with E-state index in [1.807, 2.05) is 35.7 Å². The highest BCUT2D eigenvalue weighted by Gasteiger charge is 2.33. The maximum absolute atomic E-state index is 13.7. The first-order valence-electron chi connectivity index (χ1n) is 10.1. The minimum atomic E-state index is -0.616. The van der Waals surface area contributed by atoms with E-state index < -0.39 is 12.0 Å². The largest absolute Gasteiger partial charge is 0.477 e. The number of rotatable bonds is 6. The molecule has 0 spiro atoms. The van der Waals surface area contributed by atoms with Crippen molar-refractivity contribution in [2.75, 3.05) is 13.2 Å². The zero-order valence-corrected chi connectivity index (χ0v) is 23.4. The summed E-state index contributed by atoms with van der Waals surface area (Å²) in [6, 6.07) is 8.85. The minimum absolute atomic E-state index is 0.111. The summed E-state index contributed by atoms with van der Waals surface area (Å²) in [5, 5.41) is 10.9. The number of esters is 1. The molecule has 1 aliphatic rings. The summed E-state index contributed by atoms with van der Waals surface area (Å²) in [6.45, 7) is 3.62. The van der Waals surface area contributed by atoms with Crippen molar-refractivity contribution in [3.63, 3.8) is 0 Å². The Hall–Kier alpha value is -2.27. The molecule has 0 bridgehead atoms. The fourth-order valence-electron chi connectivity index (χ4n) is 3.59. The van der Waals surface area contributed by atoms with Gasteiger partial charge >= 0.3 is 5.97 Å². The molecule has 2 aromatic heterocycles. The van der Waals surface area contributed by atoms with Gasteiger partial charge in [0.15, 0.2) is 11.4 Å². The quantitative estimate of drug-likeness (QED) is 0.291. The number of aromatic nitrogens is 1. The summed E-state index contributed by atoms with van der Waals surface area (Å²) >= 11 is 8.32. The fourth-order valence-corrected chi connectivity index (χ4v) is 7.16. The number of ether oxygens (including phenoxy) is 2. The van der Waals surface area contributed by atoms with Gasteiger partial charge in [-0.25, -0.2) is 9.79 Å². The zero-order valence-electron chi connectivity index (χ0n) is 18.0. The maximum Gasteiger partial charge on any atom is 0.338 e. The average Bonchev–Trinajstić information content (AvgIpc) is 3.41. The van der Waals surface area contributed by atoms with Gasteiger partial charge in [0, 0.05) is 14.9 Å². The number of thiophene rings is 1. The Morgan fingerprint density at radius 1 is 1.44 bits per heavy atom. The van der Waals surface area contributed by atoms with Gasteiger partial charge in [-0.3, -0.25) is 9.36 Å². The number of hydrogen-bond acceptors (Lipinski definition) is 8. The topological polar surface area (TPSA) is 93.7 Å². The van der Waals surface area contributed by atoms with Crippen molar-refractivity contribution in [3.8, 4) is 11.8 Å². The molecule has 0 saturated carbocycles. The number of benzene rings is 1. The van der Waals surface area contributed by atoms with Crippen LogP contribution < -0.4 is 19.6 Å². The molecule has 0 fully saturated rings. The lowest BCUT2D eigenvalue weighted by Crippen LogP contribution is -2.39. The SMILES string of the molecule is CCOC(=O)C1=C(C)N=c2s/c(=C\c3cc(Br)cc(I)c3OCC#N)c(=O)n2[C@H]1c1cccs1. The molecule has 0 saturated heterocycles. The van der Waals surface area contributed by atoms with Crippen LogP contribution in [0.2, 0.25) is 0 Å². The Morgan fingerprint density at radius 2 is 2.24 bits per heavy atom. The summed E-state index contributed by atoms with van der Waals surface area (Å²) in [5.74, 6) is 0.0412. The van der Waals surface area contributed by atoms with E-state index in [0.717, 1.165) is 12.9 Å². The smallest absolute Gasteiger partial charge is 0.338 e. The Labute approximate surface area is 224 Å². The van der Waals surface area contributed by atoms with Crippen LogP contribution >= 0.6 is 61.2 Å². The molecule has 0 amide bonds. The van der Waals surface area contributed by atoms with Gasteiger partial charge in [0.1, 0.15) is 17.9 Å². The first-order valence-corrected chi connectivity index (χ1v) is 13.6. The highest BCUT2D eigenvalue weighted by Crippen LogP contribution is 2.33. The third-order valence-corrected chi connectivity index (χ3v) is 8.10. The average molecular weight is 670 g/mol. The van der Waals surface area contributed by atoms with Gasteiger partial charge in [-0.1, -0.05) is 33.3 Å². The van der Waals surface area contributed by atoms with Crippen LogP contribution in [0.5, 0.6) is 5.75 Å². The number of fused-ring (bicyclic) bond motifs is 1. The summed E-state index contributed by atoms with van der Waals surface area (Å²) in [4.78, 5) is 32.4. The maximum atomic E-state index is 13.7. The summed E-state index contributed by atoms with van der Waals surface area (Å²) in [5.41, 5.74) is 1.28. The van der Waals surface area contributed by atoms with E-state index in [1.54, 1.807) is 24.5 Å². The van der Waals surface area contributed by atoms with Gasteiger partial charge in [-0.05, 0) is 66.1 Å². The molecule has 0 radical (unpaired) electrons. The molecule has 0 N–H and O–H groups in total. The van der Waals surface area contributed by atoms with Crippen molar-refractivity contribution < 1.29 is 14.3 Å². The molecule has 4 rings (SSSR count). The summed E-state index contributed by atoms with van der Waals surface area (Å²) in [7, 11) is 0. The monoisotopic (exact) mass is 669 g/mol. The molecule has 0 unspecified atom stereocenters. The summed E-state index contributed by atoms with van der Waals surface area (Å²) in [6.07, 6.45) is 1.73. The zero-order chi connectivity index (χ0) is 24.4. The van der Waals surface area contributed by atoms with Crippen LogP contribution in [-0.4, -0.2) is 23.8 Å². The van der Waals surface area contributed by atoms with Gasteiger partial charge in [0.05, 0.1) is 26.0 Å². The normalized spacial score (nSPS) is 15.5. The predicted molar refractivity (Wildman–Crippen MR) is 143 cm³/mol. The molecular formula is C23H17BrIN3O4S2. The van der Waals surface area contributed by atoms with Crippen molar-refractivity contribution in [2.45, 2.75) is 19.9 Å². The molecular weight excluding hydrogens is 653 g/mol. The Kier molecular flexibility index (Phi) is 7.71. The van der Waals surface area contributed by atoms with Crippen molar-refractivity contribution in [1.29, 1.82) is 5.26 Å². The van der Waals surface area contributed by atoms with Crippen LogP contribution in [0.25, 0.3) is 6.08 Å². The van der Waals surface area contributed by atoms with E-state index >= 15 is 0 Å². The molecule has 1 aliphatic heterocycles. The third-order valence-electron chi connectivity index (χ3n) is 4.93. The van der Waals surface area contributed by atoms with Crippen molar-refractivity contribution in [3.05, 3.63) is 79.1 Å². The fraction of sp³-hybridized carbons (Fsp3) is 0.217. The second-order valence-corrected chi connectivity index (χ2v) is 11.1. The van der Waals surface area contributed by atoms with Crippen LogP contribution in [0.4, 0.5) is 0 Å². The number of thiazole rings is 1. The second-order valence-electron chi connectivity index (χ2n) is 7.07. The van der Waals surface area contributed by atoms with Gasteiger partial charge in [0.25, 0.3) is 5.56 Å². The van der Waals surface area contributed by atoms with Crippen LogP contribution in [0.1, 0.15) is 30.3 Å².